The smallest absolute Gasteiger partial charge is 0.269 e. The van der Waals surface area contributed by atoms with Crippen molar-refractivity contribution in [3.63, 3.8) is 0 Å². The first-order chi connectivity index (χ1) is 9.97. The van der Waals surface area contributed by atoms with E-state index in [9.17, 15) is 14.5 Å². The summed E-state index contributed by atoms with van der Waals surface area (Å²) in [5.41, 5.74) is 6.58. The molecule has 0 radical (unpaired) electrons. The number of nitrogens with one attached hydrogen (secondary N) is 1. The highest BCUT2D eigenvalue weighted by Crippen LogP contribution is 2.26. The average Bonchev–Trinajstić information content (AvgIpc) is 2.46. The van der Waals surface area contributed by atoms with Crippen molar-refractivity contribution in [2.24, 2.45) is 5.73 Å². The molecule has 0 fully saturated rings. The number of rotatable bonds is 5. The summed E-state index contributed by atoms with van der Waals surface area (Å²) in [5.74, 6) is -0.134. The number of halogens is 1. The SMILES string of the molecule is N=C(N)c1cc(F)ccc1CSc1ccc([N+](=O)[O-])cc1. The van der Waals surface area contributed by atoms with E-state index in [1.54, 1.807) is 18.2 Å². The Morgan fingerprint density at radius 1 is 1.29 bits per heavy atom. The molecule has 0 aliphatic carbocycles. The number of nitro groups is 1. The van der Waals surface area contributed by atoms with E-state index in [0.717, 1.165) is 10.5 Å². The summed E-state index contributed by atoms with van der Waals surface area (Å²) in [4.78, 5) is 11.0. The van der Waals surface area contributed by atoms with E-state index in [1.165, 1.54) is 36.0 Å². The summed E-state index contributed by atoms with van der Waals surface area (Å²) in [5, 5.41) is 18.0. The predicted molar refractivity (Wildman–Crippen MR) is 80.1 cm³/mol. The minimum Gasteiger partial charge on any atom is -0.384 e. The molecule has 0 unspecified atom stereocenters. The fourth-order valence-corrected chi connectivity index (χ4v) is 2.65. The van der Waals surface area contributed by atoms with Gasteiger partial charge in [0.05, 0.1) is 4.92 Å². The molecule has 2 aromatic rings. The fourth-order valence-electron chi connectivity index (χ4n) is 1.75. The Morgan fingerprint density at radius 2 is 1.95 bits per heavy atom. The van der Waals surface area contributed by atoms with Gasteiger partial charge >= 0.3 is 0 Å². The zero-order valence-electron chi connectivity index (χ0n) is 10.9. The van der Waals surface area contributed by atoms with Gasteiger partial charge in [-0.3, -0.25) is 15.5 Å². The van der Waals surface area contributed by atoms with E-state index in [2.05, 4.69) is 0 Å². The first-order valence-corrected chi connectivity index (χ1v) is 6.96. The van der Waals surface area contributed by atoms with Gasteiger partial charge in [0, 0.05) is 28.3 Å². The number of nitro benzene ring substituents is 1. The Kier molecular flexibility index (Phi) is 4.54. The van der Waals surface area contributed by atoms with Gasteiger partial charge in [0.25, 0.3) is 5.69 Å². The number of nitrogens with two attached hydrogens (primary N) is 1. The van der Waals surface area contributed by atoms with E-state index in [4.69, 9.17) is 11.1 Å². The summed E-state index contributed by atoms with van der Waals surface area (Å²) in [6.07, 6.45) is 0. The molecule has 5 nitrogen and oxygen atoms in total. The largest absolute Gasteiger partial charge is 0.384 e. The molecular formula is C14H12FN3O2S. The van der Waals surface area contributed by atoms with Gasteiger partial charge in [-0.05, 0) is 29.8 Å². The number of amidine groups is 1. The zero-order chi connectivity index (χ0) is 15.4. The topological polar surface area (TPSA) is 93.0 Å². The van der Waals surface area contributed by atoms with Gasteiger partial charge < -0.3 is 5.73 Å². The predicted octanol–water partition coefficient (Wildman–Crippen LogP) is 3.31. The van der Waals surface area contributed by atoms with Crippen LogP contribution in [0, 0.1) is 21.3 Å². The maximum atomic E-state index is 13.2. The number of hydrogen-bond donors (Lipinski definition) is 2. The molecule has 108 valence electrons. The van der Waals surface area contributed by atoms with Gasteiger partial charge in [0.2, 0.25) is 0 Å². The number of nitrogens with zero attached hydrogens (tertiary/aromatic N) is 1. The molecule has 0 saturated carbocycles. The van der Waals surface area contributed by atoms with Gasteiger partial charge in [-0.1, -0.05) is 6.07 Å². The van der Waals surface area contributed by atoms with Crippen molar-refractivity contribution in [2.75, 3.05) is 0 Å². The molecule has 7 heteroatoms. The van der Waals surface area contributed by atoms with Crippen molar-refractivity contribution in [3.05, 3.63) is 69.5 Å². The standard InChI is InChI=1S/C14H12FN3O2S/c15-10-2-1-9(13(7-10)14(16)17)8-21-12-5-3-11(4-6-12)18(19)20/h1-7H,8H2,(H3,16,17). The third-order valence-electron chi connectivity index (χ3n) is 2.80. The Hall–Kier alpha value is -2.41. The first-order valence-electron chi connectivity index (χ1n) is 5.97. The molecule has 0 heterocycles. The average molecular weight is 305 g/mol. The molecule has 21 heavy (non-hydrogen) atoms. The van der Waals surface area contributed by atoms with Crippen molar-refractivity contribution in [3.8, 4) is 0 Å². The lowest BCUT2D eigenvalue weighted by atomic mass is 10.1. The Balaban J connectivity index is 2.13. The monoisotopic (exact) mass is 305 g/mol. The van der Waals surface area contributed by atoms with Crippen molar-refractivity contribution in [1.82, 2.24) is 0 Å². The molecule has 2 rings (SSSR count). The number of hydrogen-bond acceptors (Lipinski definition) is 4. The first kappa shape index (κ1) is 15.0. The normalized spacial score (nSPS) is 10.3. The van der Waals surface area contributed by atoms with Gasteiger partial charge in [-0.15, -0.1) is 11.8 Å². The van der Waals surface area contributed by atoms with Crippen LogP contribution >= 0.6 is 11.8 Å². The number of thioether (sulfide) groups is 1. The van der Waals surface area contributed by atoms with Crippen molar-refractivity contribution in [1.29, 1.82) is 5.41 Å². The zero-order valence-corrected chi connectivity index (χ0v) is 11.7. The van der Waals surface area contributed by atoms with Gasteiger partial charge in [0.15, 0.2) is 0 Å². The third-order valence-corrected chi connectivity index (χ3v) is 3.86. The van der Waals surface area contributed by atoms with E-state index < -0.39 is 10.7 Å². The van der Waals surface area contributed by atoms with Crippen LogP contribution in [0.2, 0.25) is 0 Å². The number of benzene rings is 2. The van der Waals surface area contributed by atoms with Crippen molar-refractivity contribution in [2.45, 2.75) is 10.6 Å². The summed E-state index contributed by atoms with van der Waals surface area (Å²) >= 11 is 1.43. The van der Waals surface area contributed by atoms with Gasteiger partial charge in [-0.25, -0.2) is 4.39 Å². The molecule has 0 aliphatic rings. The maximum absolute atomic E-state index is 13.2. The molecule has 0 amide bonds. The van der Waals surface area contributed by atoms with Crippen LogP contribution in [0.1, 0.15) is 11.1 Å². The molecule has 0 aliphatic heterocycles. The third kappa shape index (κ3) is 3.79. The Labute approximate surface area is 124 Å². The molecule has 0 bridgehead atoms. The van der Waals surface area contributed by atoms with Crippen LogP contribution in [0.25, 0.3) is 0 Å². The van der Waals surface area contributed by atoms with E-state index in [0.29, 0.717) is 11.3 Å². The van der Waals surface area contributed by atoms with Gasteiger partial charge in [0.1, 0.15) is 11.7 Å². The van der Waals surface area contributed by atoms with Crippen LogP contribution in [0.5, 0.6) is 0 Å². The van der Waals surface area contributed by atoms with Crippen LogP contribution in [0.4, 0.5) is 10.1 Å². The van der Waals surface area contributed by atoms with Crippen LogP contribution in [-0.2, 0) is 5.75 Å². The van der Waals surface area contributed by atoms with E-state index >= 15 is 0 Å². The van der Waals surface area contributed by atoms with Crippen LogP contribution in [0.15, 0.2) is 47.4 Å². The summed E-state index contributed by atoms with van der Waals surface area (Å²) in [6, 6.07) is 10.3. The molecule has 3 N–H and O–H groups in total. The van der Waals surface area contributed by atoms with Gasteiger partial charge in [-0.2, -0.15) is 0 Å². The van der Waals surface area contributed by atoms with E-state index in [-0.39, 0.29) is 11.5 Å². The minimum atomic E-state index is -0.456. The van der Waals surface area contributed by atoms with Crippen LogP contribution in [0.3, 0.4) is 0 Å². The highest BCUT2D eigenvalue weighted by Gasteiger charge is 2.09. The highest BCUT2D eigenvalue weighted by atomic mass is 32.2. The van der Waals surface area contributed by atoms with Crippen LogP contribution in [-0.4, -0.2) is 10.8 Å². The number of non-ortho nitro benzene ring substituents is 1. The quantitative estimate of drug-likeness (QED) is 0.291. The van der Waals surface area contributed by atoms with Crippen molar-refractivity contribution >= 4 is 23.3 Å². The molecule has 0 saturated heterocycles. The highest BCUT2D eigenvalue weighted by molar-refractivity contribution is 7.98. The lowest BCUT2D eigenvalue weighted by Gasteiger charge is -2.08. The summed E-state index contributed by atoms with van der Waals surface area (Å²) in [6.45, 7) is 0. The lowest BCUT2D eigenvalue weighted by Crippen LogP contribution is -2.13. The molecule has 0 aromatic heterocycles. The van der Waals surface area contributed by atoms with Crippen LogP contribution < -0.4 is 5.73 Å². The summed E-state index contributed by atoms with van der Waals surface area (Å²) < 4.78 is 13.2. The molecule has 2 aromatic carbocycles. The Bertz CT molecular complexity index is 689. The second-order valence-corrected chi connectivity index (χ2v) is 5.30. The fraction of sp³-hybridized carbons (Fsp3) is 0.0714. The minimum absolute atomic E-state index is 0.0329. The molecule has 0 atom stereocenters. The Morgan fingerprint density at radius 3 is 2.52 bits per heavy atom. The van der Waals surface area contributed by atoms with Crippen molar-refractivity contribution < 1.29 is 9.31 Å². The molecular weight excluding hydrogens is 293 g/mol. The lowest BCUT2D eigenvalue weighted by molar-refractivity contribution is -0.384. The second kappa shape index (κ2) is 6.36. The number of nitrogen functional groups attached to an aromatic ring is 1. The second-order valence-electron chi connectivity index (χ2n) is 4.25. The maximum Gasteiger partial charge on any atom is 0.269 e. The summed E-state index contributed by atoms with van der Waals surface area (Å²) in [7, 11) is 0. The van der Waals surface area contributed by atoms with E-state index in [1.807, 2.05) is 0 Å². The molecule has 0 spiro atoms.